The minimum absolute atomic E-state index is 0.132. The molecule has 26 heavy (non-hydrogen) atoms. The molecule has 0 fully saturated rings. The largest absolute Gasteiger partial charge is 0.454 e. The van der Waals surface area contributed by atoms with Crippen molar-refractivity contribution in [3.8, 4) is 22.9 Å². The highest BCUT2D eigenvalue weighted by molar-refractivity contribution is 5.90. The average molecular weight is 359 g/mol. The molecule has 0 unspecified atom stereocenters. The van der Waals surface area contributed by atoms with Gasteiger partial charge in [0.1, 0.15) is 18.2 Å². The van der Waals surface area contributed by atoms with Crippen molar-refractivity contribution in [3.05, 3.63) is 48.0 Å². The second-order valence-corrected chi connectivity index (χ2v) is 5.38. The molecule has 132 valence electrons. The lowest BCUT2D eigenvalue weighted by Gasteiger charge is -2.05. The van der Waals surface area contributed by atoms with Crippen LogP contribution in [0.1, 0.15) is 0 Å². The van der Waals surface area contributed by atoms with Gasteiger partial charge in [-0.1, -0.05) is 0 Å². The van der Waals surface area contributed by atoms with Crippen LogP contribution < -0.4 is 14.8 Å². The summed E-state index contributed by atoms with van der Waals surface area (Å²) in [5.74, 6) is -0.683. The van der Waals surface area contributed by atoms with Crippen LogP contribution in [0.2, 0.25) is 0 Å². The van der Waals surface area contributed by atoms with E-state index in [4.69, 9.17) is 9.47 Å². The summed E-state index contributed by atoms with van der Waals surface area (Å²) in [5.41, 5.74) is 0.512. The van der Waals surface area contributed by atoms with Gasteiger partial charge in [-0.05, 0) is 35.5 Å². The number of rotatable bonds is 4. The first-order chi connectivity index (χ1) is 12.6. The zero-order valence-electron chi connectivity index (χ0n) is 13.1. The maximum absolute atomic E-state index is 13.6. The van der Waals surface area contributed by atoms with Gasteiger partial charge in [0.05, 0.1) is 5.69 Å². The molecule has 1 aliphatic heterocycles. The van der Waals surface area contributed by atoms with Crippen LogP contribution in [0.3, 0.4) is 0 Å². The van der Waals surface area contributed by atoms with Crippen molar-refractivity contribution >= 4 is 11.6 Å². The summed E-state index contributed by atoms with van der Waals surface area (Å²) in [7, 11) is 0. The Balaban J connectivity index is 1.45. The van der Waals surface area contributed by atoms with Crippen molar-refractivity contribution in [1.82, 2.24) is 20.2 Å². The van der Waals surface area contributed by atoms with Crippen molar-refractivity contribution in [2.24, 2.45) is 0 Å². The van der Waals surface area contributed by atoms with E-state index in [-0.39, 0.29) is 19.0 Å². The van der Waals surface area contributed by atoms with Crippen LogP contribution >= 0.6 is 0 Å². The molecule has 2 heterocycles. The fourth-order valence-corrected chi connectivity index (χ4v) is 2.37. The third kappa shape index (κ3) is 3.16. The summed E-state index contributed by atoms with van der Waals surface area (Å²) in [6, 6.07) is 8.03. The first kappa shape index (κ1) is 15.9. The number of fused-ring (bicyclic) bond motifs is 1. The molecule has 1 amide bonds. The number of anilines is 1. The van der Waals surface area contributed by atoms with Crippen molar-refractivity contribution in [1.29, 1.82) is 0 Å². The highest BCUT2D eigenvalue weighted by Gasteiger charge is 2.16. The van der Waals surface area contributed by atoms with Gasteiger partial charge in [0.15, 0.2) is 11.5 Å². The molecule has 3 aromatic rings. The smallest absolute Gasteiger partial charge is 0.248 e. The Kier molecular flexibility index (Phi) is 3.92. The Morgan fingerprint density at radius 2 is 2.00 bits per heavy atom. The molecule has 1 aliphatic rings. The maximum atomic E-state index is 13.6. The summed E-state index contributed by atoms with van der Waals surface area (Å²) in [6.45, 7) is -0.132. The van der Waals surface area contributed by atoms with E-state index in [0.29, 0.717) is 29.0 Å². The van der Waals surface area contributed by atoms with E-state index in [1.54, 1.807) is 18.2 Å². The Labute approximate surface area is 145 Å². The zero-order chi connectivity index (χ0) is 18.1. The van der Waals surface area contributed by atoms with Gasteiger partial charge >= 0.3 is 0 Å². The van der Waals surface area contributed by atoms with Crippen molar-refractivity contribution < 1.29 is 23.0 Å². The highest BCUT2D eigenvalue weighted by Crippen LogP contribution is 2.34. The number of nitrogens with one attached hydrogen (secondary N) is 1. The molecule has 4 rings (SSSR count). The number of hydrogen-bond acceptors (Lipinski definition) is 6. The zero-order valence-corrected chi connectivity index (χ0v) is 13.1. The number of halogens is 2. The molecular formula is C16H11F2N5O3. The third-order valence-electron chi connectivity index (χ3n) is 3.57. The van der Waals surface area contributed by atoms with Crippen LogP contribution in [0.15, 0.2) is 36.4 Å². The molecule has 0 bridgehead atoms. The summed E-state index contributed by atoms with van der Waals surface area (Å²) in [4.78, 5) is 13.0. The number of carbonyl (C=O) groups excluding carboxylic acids is 1. The molecule has 0 aliphatic carbocycles. The van der Waals surface area contributed by atoms with Gasteiger partial charge in [0, 0.05) is 11.6 Å². The summed E-state index contributed by atoms with van der Waals surface area (Å²) in [6.07, 6.45) is 0. The van der Waals surface area contributed by atoms with E-state index in [1.807, 2.05) is 0 Å². The lowest BCUT2D eigenvalue weighted by molar-refractivity contribution is -0.117. The summed E-state index contributed by atoms with van der Waals surface area (Å²) < 4.78 is 37.0. The molecule has 1 aromatic heterocycles. The molecule has 0 saturated carbocycles. The fourth-order valence-electron chi connectivity index (χ4n) is 2.37. The number of tetrazole rings is 1. The monoisotopic (exact) mass is 359 g/mol. The van der Waals surface area contributed by atoms with E-state index in [0.717, 1.165) is 16.9 Å². The molecule has 0 saturated heterocycles. The number of carbonyl (C=O) groups is 1. The highest BCUT2D eigenvalue weighted by atomic mass is 19.1. The summed E-state index contributed by atoms with van der Waals surface area (Å²) >= 11 is 0. The fraction of sp³-hybridized carbons (Fsp3) is 0.125. The van der Waals surface area contributed by atoms with Crippen LogP contribution in [-0.2, 0) is 11.3 Å². The Hall–Kier alpha value is -3.56. The lowest BCUT2D eigenvalue weighted by Crippen LogP contribution is -2.21. The number of benzene rings is 2. The van der Waals surface area contributed by atoms with E-state index in [2.05, 4.69) is 20.7 Å². The number of amides is 1. The van der Waals surface area contributed by atoms with Crippen LogP contribution in [-0.4, -0.2) is 32.9 Å². The molecule has 10 heteroatoms. The van der Waals surface area contributed by atoms with Crippen LogP contribution in [0.25, 0.3) is 11.4 Å². The van der Waals surface area contributed by atoms with Gasteiger partial charge in [0.25, 0.3) is 0 Å². The van der Waals surface area contributed by atoms with Gasteiger partial charge in [-0.15, -0.1) is 10.2 Å². The number of aromatic nitrogens is 4. The minimum Gasteiger partial charge on any atom is -0.454 e. The lowest BCUT2D eigenvalue weighted by atomic mass is 10.2. The van der Waals surface area contributed by atoms with Gasteiger partial charge in [0.2, 0.25) is 18.5 Å². The SMILES string of the molecule is O=C(Cn1nnc(-c2ccc3c(c2)OCO3)n1)Nc1ccc(F)cc1F. The number of nitrogens with zero attached hydrogens (tertiary/aromatic N) is 4. The van der Waals surface area contributed by atoms with Gasteiger partial charge < -0.3 is 14.8 Å². The average Bonchev–Trinajstić information content (AvgIpc) is 3.25. The van der Waals surface area contributed by atoms with Crippen molar-refractivity contribution in [2.75, 3.05) is 12.1 Å². The Morgan fingerprint density at radius 3 is 2.85 bits per heavy atom. The van der Waals surface area contributed by atoms with Crippen molar-refractivity contribution in [2.45, 2.75) is 6.54 Å². The van der Waals surface area contributed by atoms with Crippen molar-refractivity contribution in [3.63, 3.8) is 0 Å². The standard InChI is InChI=1S/C16H11F2N5O3/c17-10-2-3-12(11(18)6-10)19-15(24)7-23-21-16(20-22-23)9-1-4-13-14(5-9)26-8-25-13/h1-6H,7-8H2,(H,19,24). The Bertz CT molecular complexity index is 992. The third-order valence-corrected chi connectivity index (χ3v) is 3.57. The van der Waals surface area contributed by atoms with E-state index in [1.165, 1.54) is 0 Å². The molecule has 2 aromatic carbocycles. The van der Waals surface area contributed by atoms with Crippen LogP contribution in [0.4, 0.5) is 14.5 Å². The molecule has 0 spiro atoms. The molecule has 8 nitrogen and oxygen atoms in total. The van der Waals surface area contributed by atoms with E-state index < -0.39 is 17.5 Å². The molecule has 0 atom stereocenters. The van der Waals surface area contributed by atoms with Gasteiger partial charge in [-0.3, -0.25) is 4.79 Å². The molecule has 1 N–H and O–H groups in total. The maximum Gasteiger partial charge on any atom is 0.248 e. The predicted octanol–water partition coefficient (Wildman–Crippen LogP) is 1.99. The normalized spacial score (nSPS) is 12.2. The minimum atomic E-state index is -0.869. The van der Waals surface area contributed by atoms with E-state index in [9.17, 15) is 13.6 Å². The first-order valence-electron chi connectivity index (χ1n) is 7.51. The quantitative estimate of drug-likeness (QED) is 0.766. The second kappa shape index (κ2) is 6.39. The molecular weight excluding hydrogens is 348 g/mol. The Morgan fingerprint density at radius 1 is 1.15 bits per heavy atom. The molecule has 0 radical (unpaired) electrons. The second-order valence-electron chi connectivity index (χ2n) is 5.38. The van der Waals surface area contributed by atoms with Crippen LogP contribution in [0.5, 0.6) is 11.5 Å². The van der Waals surface area contributed by atoms with Crippen LogP contribution in [0, 0.1) is 11.6 Å². The predicted molar refractivity (Wildman–Crippen MR) is 84.4 cm³/mol. The van der Waals surface area contributed by atoms with Gasteiger partial charge in [-0.2, -0.15) is 4.80 Å². The van der Waals surface area contributed by atoms with Gasteiger partial charge in [-0.25, -0.2) is 8.78 Å². The summed E-state index contributed by atoms with van der Waals surface area (Å²) in [5, 5.41) is 14.1. The van der Waals surface area contributed by atoms with E-state index >= 15 is 0 Å². The number of hydrogen-bond donors (Lipinski definition) is 1. The topological polar surface area (TPSA) is 91.2 Å². The first-order valence-corrected chi connectivity index (χ1v) is 7.51. The number of ether oxygens (including phenoxy) is 2.